The van der Waals surface area contributed by atoms with E-state index < -0.39 is 11.8 Å². The number of imide groups is 2. The van der Waals surface area contributed by atoms with Gasteiger partial charge in [-0.1, -0.05) is 255 Å². The number of hydrogen-bond donors (Lipinski definition) is 0. The molecule has 13 aromatic rings. The number of carbonyl (C=O) groups is 4. The van der Waals surface area contributed by atoms with Crippen LogP contribution in [0.1, 0.15) is 288 Å². The monoisotopic (exact) mass is 1620 g/mol. The molecule has 1 atom stereocenters. The van der Waals surface area contributed by atoms with Gasteiger partial charge in [0.2, 0.25) is 0 Å². The highest BCUT2D eigenvalue weighted by Gasteiger charge is 2.41. The number of nitro groups is 1. The molecular weight excluding hydrogens is 1500 g/mol. The minimum absolute atomic E-state index is 0.0932. The van der Waals surface area contributed by atoms with E-state index in [0.29, 0.717) is 94.0 Å². The number of unbranched alkanes of at least 4 members (excludes halogenated alkanes) is 11. The number of carbonyl (C=O) groups excluding carboxylic acids is 4. The summed E-state index contributed by atoms with van der Waals surface area (Å²) in [5.74, 6) is 0.419. The number of nitrogens with zero attached hydrogens (tertiary/aromatic N) is 5. The highest BCUT2D eigenvalue weighted by atomic mass is 16.6. The molecule has 13 heteroatoms. The van der Waals surface area contributed by atoms with Gasteiger partial charge in [-0.3, -0.25) is 34.2 Å². The molecule has 0 aromatic heterocycles. The van der Waals surface area contributed by atoms with Crippen molar-refractivity contribution in [2.45, 2.75) is 248 Å². The maximum Gasteiger partial charge on any atom is 0.269 e. The van der Waals surface area contributed by atoms with Gasteiger partial charge in [0.05, 0.1) is 21.7 Å². The highest BCUT2D eigenvalue weighted by Crippen LogP contribution is 2.55. The second-order valence-electron chi connectivity index (χ2n) is 39.2. The molecule has 3 aliphatic heterocycles. The Hall–Kier alpha value is -10.9. The van der Waals surface area contributed by atoms with Crippen LogP contribution in [0.3, 0.4) is 0 Å². The Morgan fingerprint density at radius 3 is 1.27 bits per heavy atom. The highest BCUT2D eigenvalue weighted by molar-refractivity contribution is 6.45. The number of fused-ring (bicyclic) bond motifs is 2. The van der Waals surface area contributed by atoms with Crippen molar-refractivity contribution in [3.05, 3.63) is 223 Å². The topological polar surface area (TPSA) is 143 Å². The summed E-state index contributed by atoms with van der Waals surface area (Å²) < 4.78 is 15.0. The third-order valence-corrected chi connectivity index (χ3v) is 26.7. The first-order valence-electron chi connectivity index (χ1n) is 45.2. The van der Waals surface area contributed by atoms with Gasteiger partial charge in [0.1, 0.15) is 23.0 Å². The molecule has 0 radical (unpaired) electrons. The lowest BCUT2D eigenvalue weighted by Gasteiger charge is -2.38. The third kappa shape index (κ3) is 15.8. The fourth-order valence-electron chi connectivity index (χ4n) is 19.5. The number of hydrogen-bond acceptors (Lipinski definition) is 10. The Kier molecular flexibility index (Phi) is 22.9. The fourth-order valence-corrected chi connectivity index (χ4v) is 19.5. The molecule has 3 heterocycles. The number of non-ortho nitro benzene ring substituents is 1. The Bertz CT molecular complexity index is 6130. The minimum atomic E-state index is -0.497. The van der Waals surface area contributed by atoms with Crippen molar-refractivity contribution in [2.75, 3.05) is 47.4 Å². The zero-order valence-electron chi connectivity index (χ0n) is 74.4. The van der Waals surface area contributed by atoms with E-state index in [1.165, 1.54) is 111 Å². The van der Waals surface area contributed by atoms with E-state index in [4.69, 9.17) is 9.47 Å². The summed E-state index contributed by atoms with van der Waals surface area (Å²) in [7, 11) is 0. The number of anilines is 3. The molecule has 0 bridgehead atoms. The van der Waals surface area contributed by atoms with Gasteiger partial charge in [-0.15, -0.1) is 0 Å². The SMILES string of the molecule is CCCCCCCCc1cc(-c2ccc(N3C(=O)c4ccc5c6c(Oc7cc(C(C)(C)C)cc(C(C)(C)C)c7)cc7c8c(ccc(c9c(Oc%10cc(C(C)(C)C)cc(C(C)(C)C)c%10)cc(c4c59)C3=O)c86)C(=O)N(CC(CC)CCCC)C7=O)cc2)c2ccc3c(CCCCCCCC)cc(N4CCN(c5ccc([N+](=O)[O-])cc5)CC4)c4ccc1c2c34. The summed E-state index contributed by atoms with van der Waals surface area (Å²) >= 11 is 0. The van der Waals surface area contributed by atoms with Crippen molar-refractivity contribution in [2.24, 2.45) is 5.92 Å². The number of aryl methyl sites for hydroxylation is 2. The number of amides is 4. The largest absolute Gasteiger partial charge is 0.457 e. The lowest BCUT2D eigenvalue weighted by Crippen LogP contribution is -2.46. The Morgan fingerprint density at radius 2 is 0.785 bits per heavy atom. The van der Waals surface area contributed by atoms with Gasteiger partial charge in [-0.05, 0) is 227 Å². The lowest BCUT2D eigenvalue weighted by atomic mass is 9.80. The molecule has 1 unspecified atom stereocenters. The van der Waals surface area contributed by atoms with Gasteiger partial charge in [-0.2, -0.15) is 0 Å². The van der Waals surface area contributed by atoms with Gasteiger partial charge < -0.3 is 19.3 Å². The van der Waals surface area contributed by atoms with Gasteiger partial charge in [0, 0.05) is 105 Å². The first-order chi connectivity index (χ1) is 57.9. The van der Waals surface area contributed by atoms with Crippen molar-refractivity contribution >= 4 is 122 Å². The molecular formula is C108H121N5O8. The molecule has 3 aliphatic rings. The standard InChI is InChI=1S/C108H121N5O8/c1-17-21-24-26-28-30-33-68-55-87(81-45-43-80-69(34-31-29-27-25-22-18-2)56-90(82-46-44-79(68)93(81)94(80)82)110-53-51-109(52-54-110)74-39-41-76(42-40-74)113(118)119)67-35-37-75(38-36-67)112-103(116)86-50-48-84-97-91(120-77-59-70(105(5,6)7)57-71(60-77)106(8,9)10)63-88-95-85(101(114)111(102(88)115)65-66(20-4)32-23-19-3)49-47-83(99(95)97)98-92(64-89(104(112)117)96(86)100(84)98)121-78-61-72(107(11,12)13)58-73(62-78)108(14,15)16/h35-50,55-64,66H,17-34,51-54,65H2,1-16H3. The maximum atomic E-state index is 16.6. The van der Waals surface area contributed by atoms with E-state index in [2.05, 4.69) is 206 Å². The molecule has 121 heavy (non-hydrogen) atoms. The normalized spacial score (nSPS) is 14.6. The average molecular weight is 1620 g/mol. The van der Waals surface area contributed by atoms with Gasteiger partial charge >= 0.3 is 0 Å². The second kappa shape index (κ2) is 33.1. The first kappa shape index (κ1) is 83.7. The molecule has 0 spiro atoms. The van der Waals surface area contributed by atoms with Gasteiger partial charge in [0.15, 0.2) is 0 Å². The molecule has 0 aliphatic carbocycles. The van der Waals surface area contributed by atoms with E-state index in [1.54, 1.807) is 12.1 Å². The molecule has 0 N–H and O–H groups in total. The number of ether oxygens (including phenoxy) is 2. The van der Waals surface area contributed by atoms with E-state index in [9.17, 15) is 10.1 Å². The second-order valence-corrected chi connectivity index (χ2v) is 39.2. The minimum Gasteiger partial charge on any atom is -0.457 e. The van der Waals surface area contributed by atoms with Crippen LogP contribution < -0.4 is 24.2 Å². The van der Waals surface area contributed by atoms with Crippen LogP contribution in [0, 0.1) is 16.0 Å². The maximum absolute atomic E-state index is 16.6. The van der Waals surface area contributed by atoms with Crippen LogP contribution in [0.2, 0.25) is 0 Å². The van der Waals surface area contributed by atoms with Gasteiger partial charge in [0.25, 0.3) is 29.3 Å². The van der Waals surface area contributed by atoms with Crippen LogP contribution in [0.25, 0.3) is 86.5 Å². The fraction of sp³-hybridized carbons (Fsp3) is 0.407. The average Bonchev–Trinajstić information content (AvgIpc) is 0.678. The molecule has 1 saturated heterocycles. The molecule has 13 aromatic carbocycles. The summed E-state index contributed by atoms with van der Waals surface area (Å²) in [6.45, 7) is 38.7. The summed E-state index contributed by atoms with van der Waals surface area (Å²) in [5, 5.41) is 24.1. The van der Waals surface area contributed by atoms with Crippen molar-refractivity contribution < 1.29 is 33.6 Å². The summed E-state index contributed by atoms with van der Waals surface area (Å²) in [6, 6.07) is 53.8. The van der Waals surface area contributed by atoms with Crippen molar-refractivity contribution in [1.82, 2.24) is 4.90 Å². The van der Waals surface area contributed by atoms with E-state index in [-0.39, 0.29) is 56.5 Å². The lowest BCUT2D eigenvalue weighted by molar-refractivity contribution is -0.384. The van der Waals surface area contributed by atoms with Crippen molar-refractivity contribution in [3.63, 3.8) is 0 Å². The van der Waals surface area contributed by atoms with Crippen LogP contribution in [0.4, 0.5) is 22.7 Å². The third-order valence-electron chi connectivity index (χ3n) is 26.7. The predicted molar refractivity (Wildman–Crippen MR) is 503 cm³/mol. The Morgan fingerprint density at radius 1 is 0.372 bits per heavy atom. The quantitative estimate of drug-likeness (QED) is 0.0111. The summed E-state index contributed by atoms with van der Waals surface area (Å²) in [4.78, 5) is 83.1. The molecule has 13 nitrogen and oxygen atoms in total. The first-order valence-corrected chi connectivity index (χ1v) is 45.2. The number of piperazine rings is 1. The smallest absolute Gasteiger partial charge is 0.269 e. The zero-order valence-corrected chi connectivity index (χ0v) is 74.4. The Balaban J connectivity index is 0.865. The van der Waals surface area contributed by atoms with Crippen LogP contribution >= 0.6 is 0 Å². The van der Waals surface area contributed by atoms with Gasteiger partial charge in [-0.25, -0.2) is 4.90 Å². The van der Waals surface area contributed by atoms with Crippen molar-refractivity contribution in [3.8, 4) is 34.1 Å². The molecule has 626 valence electrons. The Labute approximate surface area is 715 Å². The summed E-state index contributed by atoms with van der Waals surface area (Å²) in [5.41, 5.74) is 12.2. The van der Waals surface area contributed by atoms with E-state index in [0.717, 1.165) is 128 Å². The molecule has 0 saturated carbocycles. The van der Waals surface area contributed by atoms with E-state index >= 15 is 19.2 Å². The van der Waals surface area contributed by atoms with Crippen LogP contribution in [0.5, 0.6) is 23.0 Å². The molecule has 1 fully saturated rings. The van der Waals surface area contributed by atoms with Crippen LogP contribution in [-0.2, 0) is 34.5 Å². The predicted octanol–water partition coefficient (Wildman–Crippen LogP) is 28.7. The molecule has 16 rings (SSSR count). The molecule has 4 amide bonds. The van der Waals surface area contributed by atoms with E-state index in [1.807, 2.05) is 60.7 Å². The number of benzene rings is 13. The van der Waals surface area contributed by atoms with Crippen LogP contribution in [0.15, 0.2) is 158 Å². The summed E-state index contributed by atoms with van der Waals surface area (Å²) in [6.07, 6.45) is 19.9. The van der Waals surface area contributed by atoms with Crippen LogP contribution in [-0.4, -0.2) is 66.2 Å². The van der Waals surface area contributed by atoms with Crippen molar-refractivity contribution in [1.29, 1.82) is 0 Å². The zero-order chi connectivity index (χ0) is 85.5. The number of rotatable bonds is 29. The number of nitro benzene ring substituents is 1.